The molecular weight excluding hydrogens is 403 g/mol. The van der Waals surface area contributed by atoms with Gasteiger partial charge in [0.15, 0.2) is 0 Å². The number of benzene rings is 2. The number of ether oxygens (including phenoxy) is 2. The van der Waals surface area contributed by atoms with Crippen LogP contribution >= 0.6 is 0 Å². The molecule has 0 fully saturated rings. The van der Waals surface area contributed by atoms with Crippen LogP contribution in [0.2, 0.25) is 0 Å². The highest BCUT2D eigenvalue weighted by molar-refractivity contribution is 5.90. The van der Waals surface area contributed by atoms with Crippen molar-refractivity contribution in [2.24, 2.45) is 0 Å². The molecular formula is C20H18F3N3O4. The SMILES string of the molecule is CCOc1ccc(-c2noc(CCC(=O)Nc3cccc(OC(F)(F)F)c3)n2)cc1. The number of carbonyl (C=O) groups excluding carboxylic acids is 1. The number of amides is 1. The van der Waals surface area contributed by atoms with Gasteiger partial charge in [-0.25, -0.2) is 0 Å². The monoisotopic (exact) mass is 421 g/mol. The quantitative estimate of drug-likeness (QED) is 0.572. The third-order valence-electron chi connectivity index (χ3n) is 3.81. The van der Waals surface area contributed by atoms with E-state index in [9.17, 15) is 18.0 Å². The second kappa shape index (κ2) is 9.29. The number of hydrogen-bond acceptors (Lipinski definition) is 6. The van der Waals surface area contributed by atoms with Crippen molar-refractivity contribution in [2.45, 2.75) is 26.1 Å². The van der Waals surface area contributed by atoms with Crippen LogP contribution in [0.3, 0.4) is 0 Å². The van der Waals surface area contributed by atoms with E-state index in [0.717, 1.165) is 23.4 Å². The van der Waals surface area contributed by atoms with Crippen LogP contribution in [0, 0.1) is 0 Å². The summed E-state index contributed by atoms with van der Waals surface area (Å²) in [5.41, 5.74) is 0.918. The molecule has 1 amide bonds. The first-order chi connectivity index (χ1) is 14.3. The second-order valence-electron chi connectivity index (χ2n) is 6.09. The molecule has 10 heteroatoms. The molecule has 0 unspecified atom stereocenters. The summed E-state index contributed by atoms with van der Waals surface area (Å²) in [7, 11) is 0. The Bertz CT molecular complexity index is 987. The van der Waals surface area contributed by atoms with E-state index in [0.29, 0.717) is 12.4 Å². The molecule has 0 aliphatic rings. The van der Waals surface area contributed by atoms with Crippen molar-refractivity contribution < 1.29 is 32.0 Å². The summed E-state index contributed by atoms with van der Waals surface area (Å²) in [6.45, 7) is 2.45. The highest BCUT2D eigenvalue weighted by atomic mass is 19.4. The van der Waals surface area contributed by atoms with Gasteiger partial charge in [-0.15, -0.1) is 13.2 Å². The van der Waals surface area contributed by atoms with Gasteiger partial charge in [0, 0.05) is 30.2 Å². The van der Waals surface area contributed by atoms with Crippen molar-refractivity contribution in [2.75, 3.05) is 11.9 Å². The normalized spacial score (nSPS) is 11.2. The van der Waals surface area contributed by atoms with Gasteiger partial charge < -0.3 is 19.3 Å². The zero-order valence-electron chi connectivity index (χ0n) is 15.9. The van der Waals surface area contributed by atoms with Crippen LogP contribution in [-0.2, 0) is 11.2 Å². The molecule has 0 aliphatic carbocycles. The summed E-state index contributed by atoms with van der Waals surface area (Å²) >= 11 is 0. The molecule has 1 aromatic heterocycles. The summed E-state index contributed by atoms with van der Waals surface area (Å²) in [4.78, 5) is 16.3. The molecule has 1 heterocycles. The van der Waals surface area contributed by atoms with Crippen molar-refractivity contribution in [3.63, 3.8) is 0 Å². The van der Waals surface area contributed by atoms with E-state index in [1.54, 1.807) is 24.3 Å². The maximum Gasteiger partial charge on any atom is 0.573 e. The van der Waals surface area contributed by atoms with E-state index in [1.807, 2.05) is 6.92 Å². The first-order valence-corrected chi connectivity index (χ1v) is 9.04. The number of rotatable bonds is 8. The van der Waals surface area contributed by atoms with E-state index in [1.165, 1.54) is 12.1 Å². The maximum atomic E-state index is 12.3. The molecule has 30 heavy (non-hydrogen) atoms. The van der Waals surface area contributed by atoms with Crippen molar-refractivity contribution in [3.05, 3.63) is 54.4 Å². The number of halogens is 3. The number of aryl methyl sites for hydroxylation is 1. The zero-order valence-corrected chi connectivity index (χ0v) is 15.9. The smallest absolute Gasteiger partial charge is 0.494 e. The predicted molar refractivity (Wildman–Crippen MR) is 101 cm³/mol. The molecule has 3 aromatic rings. The van der Waals surface area contributed by atoms with E-state index < -0.39 is 18.0 Å². The predicted octanol–water partition coefficient (Wildman–Crippen LogP) is 4.61. The van der Waals surface area contributed by atoms with E-state index in [4.69, 9.17) is 9.26 Å². The minimum absolute atomic E-state index is 0.00919. The molecule has 2 aromatic carbocycles. The fraction of sp³-hybridized carbons (Fsp3) is 0.250. The lowest BCUT2D eigenvalue weighted by atomic mass is 10.2. The molecule has 0 radical (unpaired) electrons. The van der Waals surface area contributed by atoms with Crippen LogP contribution in [0.25, 0.3) is 11.4 Å². The zero-order chi connectivity index (χ0) is 21.6. The number of hydrogen-bond donors (Lipinski definition) is 1. The van der Waals surface area contributed by atoms with Gasteiger partial charge in [0.05, 0.1) is 6.61 Å². The van der Waals surface area contributed by atoms with E-state index in [2.05, 4.69) is 20.2 Å². The Labute approximate surface area is 169 Å². The summed E-state index contributed by atoms with van der Waals surface area (Å²) in [6, 6.07) is 12.2. The number of carbonyl (C=O) groups is 1. The average molecular weight is 421 g/mol. The summed E-state index contributed by atoms with van der Waals surface area (Å²) in [5.74, 6) is 0.539. The molecule has 0 saturated carbocycles. The van der Waals surface area contributed by atoms with Crippen molar-refractivity contribution in [1.82, 2.24) is 10.1 Å². The van der Waals surface area contributed by atoms with Gasteiger partial charge in [-0.2, -0.15) is 4.98 Å². The highest BCUT2D eigenvalue weighted by Crippen LogP contribution is 2.25. The van der Waals surface area contributed by atoms with Crippen molar-refractivity contribution >= 4 is 11.6 Å². The Morgan fingerprint density at radius 2 is 1.90 bits per heavy atom. The van der Waals surface area contributed by atoms with Crippen LogP contribution in [-0.4, -0.2) is 29.0 Å². The Balaban J connectivity index is 1.54. The maximum absolute atomic E-state index is 12.3. The first-order valence-electron chi connectivity index (χ1n) is 9.04. The van der Waals surface area contributed by atoms with E-state index >= 15 is 0 Å². The second-order valence-corrected chi connectivity index (χ2v) is 6.09. The fourth-order valence-corrected chi connectivity index (χ4v) is 2.56. The summed E-state index contributed by atoms with van der Waals surface area (Å²) < 4.78 is 51.2. The van der Waals surface area contributed by atoms with Crippen LogP contribution in [0.4, 0.5) is 18.9 Å². The molecule has 0 spiro atoms. The molecule has 0 bridgehead atoms. The van der Waals surface area contributed by atoms with Crippen molar-refractivity contribution in [1.29, 1.82) is 0 Å². The van der Waals surface area contributed by atoms with Gasteiger partial charge in [0.1, 0.15) is 11.5 Å². The van der Waals surface area contributed by atoms with Gasteiger partial charge in [-0.1, -0.05) is 11.2 Å². The number of aromatic nitrogens is 2. The Morgan fingerprint density at radius 3 is 2.60 bits per heavy atom. The Hall–Kier alpha value is -3.56. The Kier molecular flexibility index (Phi) is 6.55. The number of nitrogens with one attached hydrogen (secondary N) is 1. The molecule has 1 N–H and O–H groups in total. The number of alkyl halides is 3. The highest BCUT2D eigenvalue weighted by Gasteiger charge is 2.31. The van der Waals surface area contributed by atoms with Gasteiger partial charge in [0.2, 0.25) is 17.6 Å². The number of anilines is 1. The van der Waals surface area contributed by atoms with Crippen LogP contribution < -0.4 is 14.8 Å². The third kappa shape index (κ3) is 6.23. The number of nitrogens with zero attached hydrogens (tertiary/aromatic N) is 2. The minimum atomic E-state index is -4.80. The summed E-state index contributed by atoms with van der Waals surface area (Å²) in [6.07, 6.45) is -4.62. The van der Waals surface area contributed by atoms with Gasteiger partial charge in [0.25, 0.3) is 0 Å². The Morgan fingerprint density at radius 1 is 1.13 bits per heavy atom. The van der Waals surface area contributed by atoms with Gasteiger partial charge in [-0.3, -0.25) is 4.79 Å². The minimum Gasteiger partial charge on any atom is -0.494 e. The lowest BCUT2D eigenvalue weighted by Crippen LogP contribution is -2.17. The molecule has 3 rings (SSSR count). The largest absolute Gasteiger partial charge is 0.573 e. The standard InChI is InChI=1S/C20H18F3N3O4/c1-2-28-15-8-6-13(7-9-15)19-25-18(30-26-19)11-10-17(27)24-14-4-3-5-16(12-14)29-20(21,22)23/h3-9,12H,2,10-11H2,1H3,(H,24,27). The lowest BCUT2D eigenvalue weighted by molar-refractivity contribution is -0.274. The lowest BCUT2D eigenvalue weighted by Gasteiger charge is -2.10. The molecule has 158 valence electrons. The van der Waals surface area contributed by atoms with E-state index in [-0.39, 0.29) is 24.4 Å². The molecule has 0 aliphatic heterocycles. The van der Waals surface area contributed by atoms with Crippen LogP contribution in [0.1, 0.15) is 19.2 Å². The molecule has 0 saturated heterocycles. The van der Waals surface area contributed by atoms with Gasteiger partial charge >= 0.3 is 6.36 Å². The van der Waals surface area contributed by atoms with Crippen LogP contribution in [0.5, 0.6) is 11.5 Å². The van der Waals surface area contributed by atoms with Crippen LogP contribution in [0.15, 0.2) is 53.1 Å². The molecule has 7 nitrogen and oxygen atoms in total. The first kappa shape index (κ1) is 21.2. The van der Waals surface area contributed by atoms with Crippen molar-refractivity contribution in [3.8, 4) is 22.9 Å². The average Bonchev–Trinajstić information content (AvgIpc) is 3.15. The third-order valence-corrected chi connectivity index (χ3v) is 3.81. The van der Waals surface area contributed by atoms with Gasteiger partial charge in [-0.05, 0) is 43.3 Å². The summed E-state index contributed by atoms with van der Waals surface area (Å²) in [5, 5.41) is 6.39. The topological polar surface area (TPSA) is 86.5 Å². The fourth-order valence-electron chi connectivity index (χ4n) is 2.56. The molecule has 0 atom stereocenters.